The SMILES string of the molecule is O=C(NCC1CCN(C(=O)c2cccnc2)CC1)c1ccc([N+](=O)[O-])o1. The van der Waals surface area contributed by atoms with E-state index < -0.39 is 16.7 Å². The maximum Gasteiger partial charge on any atom is 0.433 e. The van der Waals surface area contributed by atoms with Crippen LogP contribution in [0.4, 0.5) is 5.88 Å². The third-order valence-corrected chi connectivity index (χ3v) is 4.36. The van der Waals surface area contributed by atoms with Crippen molar-refractivity contribution in [3.05, 3.63) is 58.1 Å². The third kappa shape index (κ3) is 4.05. The molecule has 0 radical (unpaired) electrons. The summed E-state index contributed by atoms with van der Waals surface area (Å²) in [4.78, 5) is 40.0. The Labute approximate surface area is 149 Å². The van der Waals surface area contributed by atoms with Crippen molar-refractivity contribution >= 4 is 17.7 Å². The Bertz CT molecular complexity index is 796. The number of nitrogens with one attached hydrogen (secondary N) is 1. The van der Waals surface area contributed by atoms with Gasteiger partial charge >= 0.3 is 5.88 Å². The Balaban J connectivity index is 1.46. The van der Waals surface area contributed by atoms with E-state index in [1.54, 1.807) is 29.4 Å². The van der Waals surface area contributed by atoms with Crippen LogP contribution in [0.1, 0.15) is 33.8 Å². The molecular formula is C17H18N4O5. The molecule has 1 saturated heterocycles. The van der Waals surface area contributed by atoms with Crippen LogP contribution in [0.3, 0.4) is 0 Å². The van der Waals surface area contributed by atoms with Gasteiger partial charge in [-0.05, 0) is 37.0 Å². The molecule has 0 aromatic carbocycles. The van der Waals surface area contributed by atoms with Gasteiger partial charge in [-0.3, -0.25) is 24.7 Å². The summed E-state index contributed by atoms with van der Waals surface area (Å²) < 4.78 is 4.87. The Kier molecular flexibility index (Phi) is 5.26. The largest absolute Gasteiger partial charge is 0.433 e. The minimum Gasteiger partial charge on any atom is -0.395 e. The first kappa shape index (κ1) is 17.6. The zero-order valence-electron chi connectivity index (χ0n) is 14.0. The average Bonchev–Trinajstić information content (AvgIpc) is 3.17. The lowest BCUT2D eigenvalue weighted by molar-refractivity contribution is -0.402. The van der Waals surface area contributed by atoms with Gasteiger partial charge in [-0.25, -0.2) is 0 Å². The Hall–Kier alpha value is -3.23. The third-order valence-electron chi connectivity index (χ3n) is 4.36. The van der Waals surface area contributed by atoms with Gasteiger partial charge in [0.05, 0.1) is 11.6 Å². The lowest BCUT2D eigenvalue weighted by Gasteiger charge is -2.32. The number of rotatable bonds is 5. The van der Waals surface area contributed by atoms with Crippen molar-refractivity contribution in [3.8, 4) is 0 Å². The van der Waals surface area contributed by atoms with Crippen LogP contribution in [0.15, 0.2) is 41.1 Å². The summed E-state index contributed by atoms with van der Waals surface area (Å²) >= 11 is 0. The lowest BCUT2D eigenvalue weighted by atomic mass is 9.96. The van der Waals surface area contributed by atoms with Gasteiger partial charge in [0.1, 0.15) is 4.92 Å². The average molecular weight is 358 g/mol. The molecule has 3 heterocycles. The molecular weight excluding hydrogens is 340 g/mol. The normalized spacial score (nSPS) is 14.8. The first-order valence-corrected chi connectivity index (χ1v) is 8.26. The molecule has 3 rings (SSSR count). The maximum atomic E-state index is 12.4. The van der Waals surface area contributed by atoms with E-state index >= 15 is 0 Å². The summed E-state index contributed by atoms with van der Waals surface area (Å²) in [5.74, 6) is -0.824. The number of carbonyl (C=O) groups excluding carboxylic acids is 2. The molecule has 9 nitrogen and oxygen atoms in total. The van der Waals surface area contributed by atoms with Crippen molar-refractivity contribution in [1.82, 2.24) is 15.2 Å². The summed E-state index contributed by atoms with van der Waals surface area (Å²) in [5, 5.41) is 13.3. The van der Waals surface area contributed by atoms with Crippen molar-refractivity contribution in [3.63, 3.8) is 0 Å². The highest BCUT2D eigenvalue weighted by Crippen LogP contribution is 2.19. The summed E-state index contributed by atoms with van der Waals surface area (Å²) in [7, 11) is 0. The summed E-state index contributed by atoms with van der Waals surface area (Å²) in [6, 6.07) is 5.90. The molecule has 1 aliphatic heterocycles. The maximum absolute atomic E-state index is 12.4. The van der Waals surface area contributed by atoms with E-state index in [4.69, 9.17) is 4.42 Å². The van der Waals surface area contributed by atoms with Crippen LogP contribution in [-0.2, 0) is 0 Å². The first-order valence-electron chi connectivity index (χ1n) is 8.26. The molecule has 1 aliphatic rings. The van der Waals surface area contributed by atoms with Crippen LogP contribution >= 0.6 is 0 Å². The van der Waals surface area contributed by atoms with Crippen molar-refractivity contribution in [2.24, 2.45) is 5.92 Å². The predicted molar refractivity (Wildman–Crippen MR) is 90.6 cm³/mol. The highest BCUT2D eigenvalue weighted by Gasteiger charge is 2.25. The van der Waals surface area contributed by atoms with Crippen LogP contribution in [0.25, 0.3) is 0 Å². The molecule has 2 aromatic heterocycles. The second-order valence-corrected chi connectivity index (χ2v) is 6.08. The highest BCUT2D eigenvalue weighted by molar-refractivity contribution is 5.94. The number of furan rings is 1. The Morgan fingerprint density at radius 2 is 2.08 bits per heavy atom. The van der Waals surface area contributed by atoms with Crippen molar-refractivity contribution in [1.29, 1.82) is 0 Å². The number of aromatic nitrogens is 1. The monoisotopic (exact) mass is 358 g/mol. The van der Waals surface area contributed by atoms with E-state index in [2.05, 4.69) is 10.3 Å². The zero-order valence-corrected chi connectivity index (χ0v) is 14.0. The fourth-order valence-electron chi connectivity index (χ4n) is 2.88. The fraction of sp³-hybridized carbons (Fsp3) is 0.353. The molecule has 1 fully saturated rings. The number of piperidine rings is 1. The van der Waals surface area contributed by atoms with Crippen LogP contribution < -0.4 is 5.32 Å². The summed E-state index contributed by atoms with van der Waals surface area (Å²) in [6.45, 7) is 1.66. The second kappa shape index (κ2) is 7.77. The van der Waals surface area contributed by atoms with Gasteiger partial charge in [-0.1, -0.05) is 0 Å². The van der Waals surface area contributed by atoms with E-state index in [0.717, 1.165) is 18.9 Å². The zero-order chi connectivity index (χ0) is 18.5. The lowest BCUT2D eigenvalue weighted by Crippen LogP contribution is -2.41. The highest BCUT2D eigenvalue weighted by atomic mass is 16.6. The minimum atomic E-state index is -0.689. The van der Waals surface area contributed by atoms with Gasteiger partial charge in [0.15, 0.2) is 5.76 Å². The standard InChI is InChI=1S/C17H18N4O5/c22-16(14-3-4-15(26-14)21(24)25)19-10-12-5-8-20(9-6-12)17(23)13-2-1-7-18-11-13/h1-4,7,11-12H,5-6,8-10H2,(H,19,22). The number of pyridine rings is 1. The predicted octanol–water partition coefficient (Wildman–Crippen LogP) is 1.86. The number of nitro groups is 1. The smallest absolute Gasteiger partial charge is 0.395 e. The van der Waals surface area contributed by atoms with Gasteiger partial charge in [0.2, 0.25) is 0 Å². The van der Waals surface area contributed by atoms with Crippen molar-refractivity contribution in [2.75, 3.05) is 19.6 Å². The fourth-order valence-corrected chi connectivity index (χ4v) is 2.88. The van der Waals surface area contributed by atoms with Crippen LogP contribution in [0.5, 0.6) is 0 Å². The molecule has 9 heteroatoms. The molecule has 0 unspecified atom stereocenters. The van der Waals surface area contributed by atoms with Crippen LogP contribution in [-0.4, -0.2) is 46.3 Å². The quantitative estimate of drug-likeness (QED) is 0.644. The number of nitrogens with zero attached hydrogens (tertiary/aromatic N) is 3. The van der Waals surface area contributed by atoms with Gasteiger partial charge in [0.25, 0.3) is 11.8 Å². The molecule has 0 saturated carbocycles. The molecule has 0 bridgehead atoms. The topological polar surface area (TPSA) is 119 Å². The Morgan fingerprint density at radius 1 is 1.31 bits per heavy atom. The Morgan fingerprint density at radius 3 is 2.69 bits per heavy atom. The van der Waals surface area contributed by atoms with Crippen molar-refractivity contribution < 1.29 is 18.9 Å². The summed E-state index contributed by atoms with van der Waals surface area (Å²) in [5.41, 5.74) is 0.568. The molecule has 26 heavy (non-hydrogen) atoms. The van der Waals surface area contributed by atoms with E-state index in [0.29, 0.717) is 25.2 Å². The molecule has 0 aliphatic carbocycles. The van der Waals surface area contributed by atoms with Crippen molar-refractivity contribution in [2.45, 2.75) is 12.8 Å². The van der Waals surface area contributed by atoms with E-state index in [1.165, 1.54) is 6.07 Å². The molecule has 2 aromatic rings. The van der Waals surface area contributed by atoms with Gasteiger partial charge in [-0.2, -0.15) is 0 Å². The number of carbonyl (C=O) groups is 2. The number of likely N-dealkylation sites (tertiary alicyclic amines) is 1. The number of hydrogen-bond donors (Lipinski definition) is 1. The first-order chi connectivity index (χ1) is 12.5. The second-order valence-electron chi connectivity index (χ2n) is 6.08. The summed E-state index contributed by atoms with van der Waals surface area (Å²) in [6.07, 6.45) is 4.71. The molecule has 0 spiro atoms. The molecule has 0 atom stereocenters. The minimum absolute atomic E-state index is 0.0384. The van der Waals surface area contributed by atoms with Gasteiger partial charge < -0.3 is 14.6 Å². The van der Waals surface area contributed by atoms with Crippen LogP contribution in [0, 0.1) is 16.0 Å². The van der Waals surface area contributed by atoms with E-state index in [9.17, 15) is 19.7 Å². The van der Waals surface area contributed by atoms with Gasteiger partial charge in [0, 0.05) is 32.0 Å². The van der Waals surface area contributed by atoms with Crippen LogP contribution in [0.2, 0.25) is 0 Å². The van der Waals surface area contributed by atoms with E-state index in [1.807, 2.05) is 0 Å². The molecule has 136 valence electrons. The number of hydrogen-bond acceptors (Lipinski definition) is 6. The molecule has 2 amide bonds. The van der Waals surface area contributed by atoms with Gasteiger partial charge in [-0.15, -0.1) is 0 Å². The molecule has 1 N–H and O–H groups in total. The van der Waals surface area contributed by atoms with E-state index in [-0.39, 0.29) is 17.6 Å². The number of amides is 2.